The van der Waals surface area contributed by atoms with E-state index in [0.717, 1.165) is 16.9 Å². The lowest BCUT2D eigenvalue weighted by molar-refractivity contribution is 0.170. The first-order valence-electron chi connectivity index (χ1n) is 6.92. The fraction of sp³-hybridized carbons (Fsp3) is 0.294. The molecule has 2 aromatic rings. The average Bonchev–Trinajstić information content (AvgIpc) is 2.52. The van der Waals surface area contributed by atoms with Crippen LogP contribution in [0.5, 0.6) is 5.75 Å². The van der Waals surface area contributed by atoms with E-state index in [1.54, 1.807) is 13.2 Å². The molecule has 1 unspecified atom stereocenters. The Kier molecular flexibility index (Phi) is 5.62. The third-order valence-electron chi connectivity index (χ3n) is 3.49. The summed E-state index contributed by atoms with van der Waals surface area (Å²) < 4.78 is 5.35. The molecule has 0 saturated heterocycles. The van der Waals surface area contributed by atoms with Gasteiger partial charge in [-0.15, -0.1) is 0 Å². The normalized spacial score (nSPS) is 13.7. The summed E-state index contributed by atoms with van der Waals surface area (Å²) in [5, 5.41) is 14.1. The maximum Gasteiger partial charge on any atom is 0.123 e. The molecule has 0 radical (unpaired) electrons. The summed E-state index contributed by atoms with van der Waals surface area (Å²) in [6.07, 6.45) is -0.643. The minimum Gasteiger partial charge on any atom is -0.496 e. The molecule has 0 aliphatic heterocycles. The third kappa shape index (κ3) is 3.97. The van der Waals surface area contributed by atoms with Crippen molar-refractivity contribution >= 4 is 11.6 Å². The SMILES string of the molecule is COc1ccccc1[C@@H](C)NCC(O)c1ccccc1Cl. The number of hydrogen-bond acceptors (Lipinski definition) is 3. The van der Waals surface area contributed by atoms with Gasteiger partial charge in [-0.05, 0) is 19.1 Å². The zero-order valence-corrected chi connectivity index (χ0v) is 13.0. The van der Waals surface area contributed by atoms with Gasteiger partial charge in [-0.1, -0.05) is 48.0 Å². The van der Waals surface area contributed by atoms with Gasteiger partial charge in [0.05, 0.1) is 13.2 Å². The van der Waals surface area contributed by atoms with Crippen molar-refractivity contribution in [2.75, 3.05) is 13.7 Å². The number of methoxy groups -OCH3 is 1. The van der Waals surface area contributed by atoms with Gasteiger partial charge >= 0.3 is 0 Å². The van der Waals surface area contributed by atoms with Crippen molar-refractivity contribution in [2.24, 2.45) is 0 Å². The molecule has 2 atom stereocenters. The maximum atomic E-state index is 10.2. The van der Waals surface area contributed by atoms with E-state index >= 15 is 0 Å². The van der Waals surface area contributed by atoms with Crippen LogP contribution in [-0.2, 0) is 0 Å². The van der Waals surface area contributed by atoms with E-state index in [-0.39, 0.29) is 6.04 Å². The summed E-state index contributed by atoms with van der Waals surface area (Å²) in [5.74, 6) is 0.838. The Morgan fingerprint density at radius 2 is 1.71 bits per heavy atom. The molecule has 21 heavy (non-hydrogen) atoms. The highest BCUT2D eigenvalue weighted by atomic mass is 35.5. The molecule has 0 spiro atoms. The van der Waals surface area contributed by atoms with Gasteiger partial charge in [-0.2, -0.15) is 0 Å². The molecule has 4 heteroatoms. The van der Waals surface area contributed by atoms with Crippen molar-refractivity contribution in [3.63, 3.8) is 0 Å². The molecule has 0 aliphatic rings. The summed E-state index contributed by atoms with van der Waals surface area (Å²) in [7, 11) is 1.66. The minimum absolute atomic E-state index is 0.0679. The second-order valence-corrected chi connectivity index (χ2v) is 5.32. The molecule has 0 heterocycles. The molecule has 3 nitrogen and oxygen atoms in total. The standard InChI is InChI=1S/C17H20ClNO2/c1-12(13-7-4-6-10-17(13)21-2)19-11-16(20)14-8-3-5-9-15(14)18/h3-10,12,16,19-20H,11H2,1-2H3/t12-,16?/m1/s1. The van der Waals surface area contributed by atoms with E-state index in [1.165, 1.54) is 0 Å². The largest absolute Gasteiger partial charge is 0.496 e. The maximum absolute atomic E-state index is 10.2. The zero-order chi connectivity index (χ0) is 15.2. The van der Waals surface area contributed by atoms with Gasteiger partial charge in [-0.3, -0.25) is 0 Å². The van der Waals surface area contributed by atoms with E-state index in [4.69, 9.17) is 16.3 Å². The van der Waals surface area contributed by atoms with E-state index in [1.807, 2.05) is 49.4 Å². The van der Waals surface area contributed by atoms with Crippen LogP contribution in [0.4, 0.5) is 0 Å². The number of aliphatic hydroxyl groups is 1. The highest BCUT2D eigenvalue weighted by Gasteiger charge is 2.15. The van der Waals surface area contributed by atoms with Gasteiger partial charge in [0, 0.05) is 28.7 Å². The molecule has 0 aliphatic carbocycles. The fourth-order valence-electron chi connectivity index (χ4n) is 2.28. The highest BCUT2D eigenvalue weighted by Crippen LogP contribution is 2.26. The van der Waals surface area contributed by atoms with Crippen molar-refractivity contribution in [1.29, 1.82) is 0 Å². The van der Waals surface area contributed by atoms with Gasteiger partial charge < -0.3 is 15.2 Å². The number of aliphatic hydroxyl groups excluding tert-OH is 1. The Bertz CT molecular complexity index is 589. The van der Waals surface area contributed by atoms with E-state index < -0.39 is 6.10 Å². The molecule has 0 aromatic heterocycles. The number of rotatable bonds is 6. The van der Waals surface area contributed by atoms with Crippen LogP contribution in [0.1, 0.15) is 30.2 Å². The van der Waals surface area contributed by atoms with Crippen LogP contribution in [0.25, 0.3) is 0 Å². The van der Waals surface area contributed by atoms with Crippen molar-refractivity contribution in [1.82, 2.24) is 5.32 Å². The first-order chi connectivity index (χ1) is 10.1. The fourth-order valence-corrected chi connectivity index (χ4v) is 2.54. The van der Waals surface area contributed by atoms with Crippen LogP contribution in [0.3, 0.4) is 0 Å². The zero-order valence-electron chi connectivity index (χ0n) is 12.2. The van der Waals surface area contributed by atoms with E-state index in [2.05, 4.69) is 5.32 Å². The topological polar surface area (TPSA) is 41.5 Å². The monoisotopic (exact) mass is 305 g/mol. The number of para-hydroxylation sites is 1. The molecule has 0 bridgehead atoms. The molecule has 2 N–H and O–H groups in total. The van der Waals surface area contributed by atoms with E-state index in [0.29, 0.717) is 11.6 Å². The van der Waals surface area contributed by atoms with Crippen molar-refractivity contribution < 1.29 is 9.84 Å². The Morgan fingerprint density at radius 3 is 2.38 bits per heavy atom. The average molecular weight is 306 g/mol. The molecular weight excluding hydrogens is 286 g/mol. The van der Waals surface area contributed by atoms with Gasteiger partial charge in [0.2, 0.25) is 0 Å². The molecule has 0 fully saturated rings. The van der Waals surface area contributed by atoms with Crippen molar-refractivity contribution in [3.8, 4) is 5.75 Å². The van der Waals surface area contributed by atoms with Crippen LogP contribution < -0.4 is 10.1 Å². The second kappa shape index (κ2) is 7.46. The summed E-state index contributed by atoms with van der Waals surface area (Å²) in [6, 6.07) is 15.3. The number of ether oxygens (including phenoxy) is 1. The minimum atomic E-state index is -0.643. The smallest absolute Gasteiger partial charge is 0.123 e. The second-order valence-electron chi connectivity index (χ2n) is 4.91. The lowest BCUT2D eigenvalue weighted by atomic mass is 10.1. The lowest BCUT2D eigenvalue weighted by Gasteiger charge is -2.20. The first-order valence-corrected chi connectivity index (χ1v) is 7.30. The van der Waals surface area contributed by atoms with Crippen LogP contribution >= 0.6 is 11.6 Å². The van der Waals surface area contributed by atoms with E-state index in [9.17, 15) is 5.11 Å². The summed E-state index contributed by atoms with van der Waals surface area (Å²) >= 11 is 6.09. The van der Waals surface area contributed by atoms with Gasteiger partial charge in [0.1, 0.15) is 5.75 Å². The number of hydrogen-bond donors (Lipinski definition) is 2. The van der Waals surface area contributed by atoms with Crippen LogP contribution in [-0.4, -0.2) is 18.8 Å². The van der Waals surface area contributed by atoms with Crippen LogP contribution in [0, 0.1) is 0 Å². The first kappa shape index (κ1) is 15.8. The Morgan fingerprint density at radius 1 is 1.10 bits per heavy atom. The summed E-state index contributed by atoms with van der Waals surface area (Å²) in [6.45, 7) is 2.46. The Labute approximate surface area is 130 Å². The summed E-state index contributed by atoms with van der Waals surface area (Å²) in [4.78, 5) is 0. The van der Waals surface area contributed by atoms with Crippen molar-refractivity contribution in [3.05, 3.63) is 64.7 Å². The predicted molar refractivity (Wildman–Crippen MR) is 85.8 cm³/mol. The molecular formula is C17H20ClNO2. The lowest BCUT2D eigenvalue weighted by Crippen LogP contribution is -2.25. The summed E-state index contributed by atoms with van der Waals surface area (Å²) in [5.41, 5.74) is 1.80. The Balaban J connectivity index is 2.01. The number of nitrogens with one attached hydrogen (secondary N) is 1. The number of halogens is 1. The molecule has 2 aromatic carbocycles. The predicted octanol–water partition coefficient (Wildman–Crippen LogP) is 3.73. The molecule has 0 saturated carbocycles. The Hall–Kier alpha value is -1.55. The van der Waals surface area contributed by atoms with Crippen LogP contribution in [0.15, 0.2) is 48.5 Å². The van der Waals surface area contributed by atoms with Gasteiger partial charge in [0.15, 0.2) is 0 Å². The van der Waals surface area contributed by atoms with Crippen molar-refractivity contribution in [2.45, 2.75) is 19.1 Å². The third-order valence-corrected chi connectivity index (χ3v) is 3.83. The quantitative estimate of drug-likeness (QED) is 0.854. The molecule has 112 valence electrons. The van der Waals surface area contributed by atoms with Gasteiger partial charge in [0.25, 0.3) is 0 Å². The van der Waals surface area contributed by atoms with Gasteiger partial charge in [-0.25, -0.2) is 0 Å². The molecule has 0 amide bonds. The molecule has 2 rings (SSSR count). The van der Waals surface area contributed by atoms with Crippen LogP contribution in [0.2, 0.25) is 5.02 Å². The highest BCUT2D eigenvalue weighted by molar-refractivity contribution is 6.31. The number of benzene rings is 2.